The van der Waals surface area contributed by atoms with Gasteiger partial charge in [-0.2, -0.15) is 0 Å². The van der Waals surface area contributed by atoms with Gasteiger partial charge >= 0.3 is 5.97 Å². The van der Waals surface area contributed by atoms with Crippen molar-refractivity contribution in [3.8, 4) is 0 Å². The number of nitrogens with one attached hydrogen (secondary N) is 2. The van der Waals surface area contributed by atoms with Gasteiger partial charge in [0, 0.05) is 11.3 Å². The molecular weight excluding hydrogens is 288 g/mol. The summed E-state index contributed by atoms with van der Waals surface area (Å²) in [5, 5.41) is 19.6. The molecule has 0 aliphatic rings. The molecule has 1 aromatic rings. The van der Waals surface area contributed by atoms with Crippen LogP contribution in [0.25, 0.3) is 0 Å². The number of rotatable bonds is 6. The molecular formula is C11H14N2O6S. The van der Waals surface area contributed by atoms with Crippen LogP contribution in [0.1, 0.15) is 10.4 Å². The molecule has 0 aliphatic heterocycles. The lowest BCUT2D eigenvalue weighted by atomic mass is 10.2. The number of aliphatic carboxylic acids is 1. The molecule has 4 N–H and O–H groups in total. The topological polar surface area (TPSA) is 133 Å². The molecule has 1 rings (SSSR count). The van der Waals surface area contributed by atoms with E-state index in [9.17, 15) is 18.0 Å². The highest BCUT2D eigenvalue weighted by atomic mass is 32.2. The second-order valence-corrected chi connectivity index (χ2v) is 5.75. The molecule has 8 nitrogen and oxygen atoms in total. The van der Waals surface area contributed by atoms with Crippen LogP contribution in [0.3, 0.4) is 0 Å². The predicted molar refractivity (Wildman–Crippen MR) is 70.9 cm³/mol. The molecule has 1 atom stereocenters. The second-order valence-electron chi connectivity index (χ2n) is 4.00. The third kappa shape index (κ3) is 4.86. The Hall–Kier alpha value is -2.13. The van der Waals surface area contributed by atoms with Crippen LogP contribution < -0.4 is 10.0 Å². The van der Waals surface area contributed by atoms with Crippen molar-refractivity contribution in [2.24, 2.45) is 0 Å². The third-order valence-electron chi connectivity index (χ3n) is 2.24. The molecule has 9 heteroatoms. The molecule has 0 bridgehead atoms. The number of amides is 1. The number of hydrogen-bond acceptors (Lipinski definition) is 5. The Kier molecular flexibility index (Phi) is 5.06. The van der Waals surface area contributed by atoms with Crippen molar-refractivity contribution in [3.05, 3.63) is 29.8 Å². The normalized spacial score (nSPS) is 12.5. The van der Waals surface area contributed by atoms with Crippen LogP contribution >= 0.6 is 0 Å². The lowest BCUT2D eigenvalue weighted by Gasteiger charge is -2.12. The molecule has 0 saturated carbocycles. The highest BCUT2D eigenvalue weighted by Gasteiger charge is 2.19. The third-order valence-corrected chi connectivity index (χ3v) is 2.84. The molecule has 110 valence electrons. The lowest BCUT2D eigenvalue weighted by molar-refractivity contribution is -0.140. The molecule has 1 unspecified atom stereocenters. The zero-order valence-corrected chi connectivity index (χ0v) is 11.3. The first-order valence-corrected chi connectivity index (χ1v) is 7.34. The van der Waals surface area contributed by atoms with Crippen LogP contribution in [-0.4, -0.2) is 49.4 Å². The second kappa shape index (κ2) is 6.35. The van der Waals surface area contributed by atoms with E-state index in [4.69, 9.17) is 10.2 Å². The van der Waals surface area contributed by atoms with Crippen molar-refractivity contribution in [3.63, 3.8) is 0 Å². The van der Waals surface area contributed by atoms with Gasteiger partial charge in [-0.3, -0.25) is 9.52 Å². The van der Waals surface area contributed by atoms with Crippen LogP contribution in [0, 0.1) is 0 Å². The Bertz CT molecular complexity index is 596. The van der Waals surface area contributed by atoms with Crippen molar-refractivity contribution in [1.82, 2.24) is 5.32 Å². The van der Waals surface area contributed by atoms with Crippen molar-refractivity contribution < 1.29 is 28.2 Å². The highest BCUT2D eigenvalue weighted by Crippen LogP contribution is 2.11. The monoisotopic (exact) mass is 302 g/mol. The predicted octanol–water partition coefficient (Wildman–Crippen LogP) is -0.767. The first-order chi connectivity index (χ1) is 9.23. The van der Waals surface area contributed by atoms with E-state index in [1.807, 2.05) is 0 Å². The van der Waals surface area contributed by atoms with Gasteiger partial charge in [0.05, 0.1) is 12.9 Å². The molecule has 0 saturated heterocycles. The van der Waals surface area contributed by atoms with E-state index in [0.29, 0.717) is 0 Å². The van der Waals surface area contributed by atoms with E-state index in [1.165, 1.54) is 24.3 Å². The van der Waals surface area contributed by atoms with E-state index >= 15 is 0 Å². The molecule has 1 amide bonds. The van der Waals surface area contributed by atoms with E-state index in [2.05, 4.69) is 10.0 Å². The van der Waals surface area contributed by atoms with E-state index < -0.39 is 34.5 Å². The van der Waals surface area contributed by atoms with Crippen molar-refractivity contribution in [1.29, 1.82) is 0 Å². The molecule has 0 fully saturated rings. The zero-order chi connectivity index (χ0) is 15.3. The number of carbonyl (C=O) groups is 2. The van der Waals surface area contributed by atoms with Gasteiger partial charge in [-0.15, -0.1) is 0 Å². The maximum Gasteiger partial charge on any atom is 0.328 e. The molecule has 0 spiro atoms. The van der Waals surface area contributed by atoms with Crippen LogP contribution in [0.5, 0.6) is 0 Å². The Balaban J connectivity index is 2.78. The fourth-order valence-corrected chi connectivity index (χ4v) is 1.90. The zero-order valence-electron chi connectivity index (χ0n) is 10.5. The molecule has 0 radical (unpaired) electrons. The van der Waals surface area contributed by atoms with Crippen molar-refractivity contribution in [2.45, 2.75) is 6.04 Å². The van der Waals surface area contributed by atoms with Crippen LogP contribution in [-0.2, 0) is 14.8 Å². The minimum absolute atomic E-state index is 0.142. The molecule has 20 heavy (non-hydrogen) atoms. The molecule has 0 aliphatic carbocycles. The quantitative estimate of drug-likeness (QED) is 0.545. The number of hydrogen-bond donors (Lipinski definition) is 4. The van der Waals surface area contributed by atoms with Crippen molar-refractivity contribution >= 4 is 27.6 Å². The highest BCUT2D eigenvalue weighted by molar-refractivity contribution is 7.92. The summed E-state index contributed by atoms with van der Waals surface area (Å²) in [6.45, 7) is -0.727. The first kappa shape index (κ1) is 15.9. The SMILES string of the molecule is CS(=O)(=O)Nc1ccc(C(=O)NC(CO)C(=O)O)cc1. The van der Waals surface area contributed by atoms with Crippen LogP contribution in [0.4, 0.5) is 5.69 Å². The summed E-state index contributed by atoms with van der Waals surface area (Å²) in [5.41, 5.74) is 0.421. The van der Waals surface area contributed by atoms with Gasteiger partial charge in [0.25, 0.3) is 5.91 Å². The standard InChI is InChI=1S/C11H14N2O6S/c1-20(18,19)13-8-4-2-7(3-5-8)10(15)12-9(6-14)11(16)17/h2-5,9,13-14H,6H2,1H3,(H,12,15)(H,16,17). The van der Waals surface area contributed by atoms with Gasteiger partial charge in [0.15, 0.2) is 6.04 Å². The first-order valence-electron chi connectivity index (χ1n) is 5.45. The summed E-state index contributed by atoms with van der Waals surface area (Å²) < 4.78 is 24.2. The van der Waals surface area contributed by atoms with Gasteiger partial charge in [-0.25, -0.2) is 13.2 Å². The Morgan fingerprint density at radius 3 is 2.20 bits per heavy atom. The lowest BCUT2D eigenvalue weighted by Crippen LogP contribution is -2.43. The maximum absolute atomic E-state index is 11.7. The average Bonchev–Trinajstić information content (AvgIpc) is 2.34. The summed E-state index contributed by atoms with van der Waals surface area (Å²) in [7, 11) is -3.41. The van der Waals surface area contributed by atoms with E-state index in [1.54, 1.807) is 0 Å². The fourth-order valence-electron chi connectivity index (χ4n) is 1.33. The van der Waals surface area contributed by atoms with Gasteiger partial charge in [-0.05, 0) is 24.3 Å². The minimum Gasteiger partial charge on any atom is -0.480 e. The number of carboxylic acid groups (broad SMARTS) is 1. The number of benzene rings is 1. The van der Waals surface area contributed by atoms with Crippen molar-refractivity contribution in [2.75, 3.05) is 17.6 Å². The summed E-state index contributed by atoms with van der Waals surface area (Å²) in [5.74, 6) is -2.03. The summed E-state index contributed by atoms with van der Waals surface area (Å²) in [6.07, 6.45) is 0.992. The number of sulfonamides is 1. The molecule has 0 heterocycles. The van der Waals surface area contributed by atoms with Crippen LogP contribution in [0.2, 0.25) is 0 Å². The summed E-state index contributed by atoms with van der Waals surface area (Å²) >= 11 is 0. The summed E-state index contributed by atoms with van der Waals surface area (Å²) in [4.78, 5) is 22.3. The number of anilines is 1. The van der Waals surface area contributed by atoms with Gasteiger partial charge in [0.2, 0.25) is 10.0 Å². The van der Waals surface area contributed by atoms with Gasteiger partial charge < -0.3 is 15.5 Å². The summed E-state index contributed by atoms with van der Waals surface area (Å²) in [6, 6.07) is 4.00. The molecule has 1 aromatic carbocycles. The van der Waals surface area contributed by atoms with Crippen LogP contribution in [0.15, 0.2) is 24.3 Å². The maximum atomic E-state index is 11.7. The average molecular weight is 302 g/mol. The van der Waals surface area contributed by atoms with E-state index in [0.717, 1.165) is 6.26 Å². The number of aliphatic hydroxyl groups excluding tert-OH is 1. The minimum atomic E-state index is -3.41. The number of carbonyl (C=O) groups excluding carboxylic acids is 1. The smallest absolute Gasteiger partial charge is 0.328 e. The van der Waals surface area contributed by atoms with E-state index in [-0.39, 0.29) is 11.3 Å². The fraction of sp³-hybridized carbons (Fsp3) is 0.273. The largest absolute Gasteiger partial charge is 0.480 e. The Labute approximate surface area is 115 Å². The number of carboxylic acids is 1. The Morgan fingerprint density at radius 2 is 1.80 bits per heavy atom. The van der Waals surface area contributed by atoms with Gasteiger partial charge in [0.1, 0.15) is 0 Å². The molecule has 0 aromatic heterocycles. The number of aliphatic hydroxyl groups is 1. The van der Waals surface area contributed by atoms with Gasteiger partial charge in [-0.1, -0.05) is 0 Å². The Morgan fingerprint density at radius 1 is 1.25 bits per heavy atom.